The number of hydrogen-bond acceptors (Lipinski definition) is 10. The van der Waals surface area contributed by atoms with Crippen molar-refractivity contribution in [1.82, 2.24) is 29.6 Å². The number of benzene rings is 1. The zero-order chi connectivity index (χ0) is 35.9. The number of halogens is 1. The summed E-state index contributed by atoms with van der Waals surface area (Å²) in [5, 5.41) is 5.39. The van der Waals surface area contributed by atoms with Gasteiger partial charge in [-0.3, -0.25) is 4.79 Å². The number of carbonyl (C=O) groups excluding carboxylic acids is 1. The number of rotatable bonds is 6. The molecule has 13 nitrogen and oxygen atoms in total. The lowest BCUT2D eigenvalue weighted by Crippen LogP contribution is -2.50. The molecule has 1 saturated carbocycles. The van der Waals surface area contributed by atoms with Crippen LogP contribution in [0, 0.1) is 12.7 Å². The Balaban J connectivity index is 1.19. The molecule has 7 heterocycles. The first-order chi connectivity index (χ1) is 25.0. The van der Waals surface area contributed by atoms with Crippen LogP contribution in [-0.4, -0.2) is 92.4 Å². The van der Waals surface area contributed by atoms with Gasteiger partial charge in [-0.25, -0.2) is 13.9 Å². The minimum absolute atomic E-state index is 0.0305. The zero-order valence-electron chi connectivity index (χ0n) is 30.2. The van der Waals surface area contributed by atoms with Crippen molar-refractivity contribution in [2.45, 2.75) is 115 Å². The molecule has 1 aliphatic carbocycles. The van der Waals surface area contributed by atoms with Crippen molar-refractivity contribution in [2.24, 2.45) is 0 Å². The molecule has 4 aromatic rings. The van der Waals surface area contributed by atoms with Crippen molar-refractivity contribution in [3.63, 3.8) is 0 Å². The fourth-order valence-corrected chi connectivity index (χ4v) is 8.47. The Morgan fingerprint density at radius 1 is 1.02 bits per heavy atom. The van der Waals surface area contributed by atoms with E-state index in [1.54, 1.807) is 17.8 Å². The SMILES string of the molecule is Cc1c(F)cc2c(cnn2C2CCCCO2)c1-c1c(C2CC2)[nH]c2c(N3C[C@@H]4C[C@H]3CN4C(=O)OC(C)(C)C)nc(OC3CCOCC3)nc2c1=O. The molecule has 14 heteroatoms. The van der Waals surface area contributed by atoms with Crippen LogP contribution in [0.1, 0.15) is 95.5 Å². The quantitative estimate of drug-likeness (QED) is 0.249. The molecule has 9 rings (SSSR count). The van der Waals surface area contributed by atoms with Gasteiger partial charge in [0.2, 0.25) is 5.43 Å². The number of H-pyrrole nitrogens is 1. The number of fused-ring (bicyclic) bond motifs is 4. The number of anilines is 1. The van der Waals surface area contributed by atoms with E-state index in [9.17, 15) is 4.79 Å². The molecule has 1 amide bonds. The molecular formula is C38H46FN7O6. The molecule has 0 spiro atoms. The maximum absolute atomic E-state index is 16.0. The maximum atomic E-state index is 16.0. The third-order valence-corrected chi connectivity index (χ3v) is 11.2. The van der Waals surface area contributed by atoms with Crippen molar-refractivity contribution in [2.75, 3.05) is 37.8 Å². The summed E-state index contributed by atoms with van der Waals surface area (Å²) in [4.78, 5) is 45.6. The van der Waals surface area contributed by atoms with Crippen molar-refractivity contribution in [3.05, 3.63) is 39.6 Å². The summed E-state index contributed by atoms with van der Waals surface area (Å²) in [5.41, 5.74) is 2.52. The maximum Gasteiger partial charge on any atom is 0.410 e. The summed E-state index contributed by atoms with van der Waals surface area (Å²) in [7, 11) is 0. The third kappa shape index (κ3) is 5.87. The van der Waals surface area contributed by atoms with Crippen LogP contribution in [-0.2, 0) is 14.2 Å². The number of hydrogen-bond donors (Lipinski definition) is 1. The number of nitrogens with zero attached hydrogens (tertiary/aromatic N) is 6. The van der Waals surface area contributed by atoms with Crippen LogP contribution < -0.4 is 15.1 Å². The largest absolute Gasteiger partial charge is 0.460 e. The number of nitrogens with one attached hydrogen (secondary N) is 1. The van der Waals surface area contributed by atoms with Gasteiger partial charge in [-0.15, -0.1) is 0 Å². The molecular weight excluding hydrogens is 669 g/mol. The number of ether oxygens (including phenoxy) is 4. The highest BCUT2D eigenvalue weighted by Crippen LogP contribution is 2.47. The molecule has 1 aromatic carbocycles. The van der Waals surface area contributed by atoms with E-state index < -0.39 is 11.4 Å². The van der Waals surface area contributed by atoms with Crippen molar-refractivity contribution >= 4 is 33.8 Å². The van der Waals surface area contributed by atoms with Gasteiger partial charge in [0.25, 0.3) is 0 Å². The van der Waals surface area contributed by atoms with E-state index in [0.29, 0.717) is 84.7 Å². The number of likely N-dealkylation sites (tertiary alicyclic amines) is 1. The van der Waals surface area contributed by atoms with E-state index in [4.69, 9.17) is 28.9 Å². The molecule has 0 radical (unpaired) electrons. The smallest absolute Gasteiger partial charge is 0.410 e. The lowest BCUT2D eigenvalue weighted by molar-refractivity contribution is -0.0366. The fraction of sp³-hybridized carbons (Fsp3) is 0.605. The lowest BCUT2D eigenvalue weighted by atomic mass is 9.93. The van der Waals surface area contributed by atoms with Crippen LogP contribution in [0.5, 0.6) is 6.01 Å². The van der Waals surface area contributed by atoms with E-state index in [-0.39, 0.29) is 53.4 Å². The van der Waals surface area contributed by atoms with Gasteiger partial charge >= 0.3 is 12.1 Å². The van der Waals surface area contributed by atoms with Gasteiger partial charge in [0, 0.05) is 55.2 Å². The van der Waals surface area contributed by atoms with E-state index in [1.165, 1.54) is 6.07 Å². The summed E-state index contributed by atoms with van der Waals surface area (Å²) in [6.07, 6.45) is 7.68. The first kappa shape index (κ1) is 33.5. The Hall–Kier alpha value is -4.30. The Bertz CT molecular complexity index is 2110. The van der Waals surface area contributed by atoms with Crippen LogP contribution in [0.3, 0.4) is 0 Å². The van der Waals surface area contributed by atoms with Crippen LogP contribution in [0.2, 0.25) is 0 Å². The predicted molar refractivity (Wildman–Crippen MR) is 191 cm³/mol. The highest BCUT2D eigenvalue weighted by Gasteiger charge is 2.48. The molecule has 3 atom stereocenters. The Morgan fingerprint density at radius 2 is 1.83 bits per heavy atom. The van der Waals surface area contributed by atoms with Crippen LogP contribution >= 0.6 is 0 Å². The van der Waals surface area contributed by atoms with E-state index in [0.717, 1.165) is 44.2 Å². The predicted octanol–water partition coefficient (Wildman–Crippen LogP) is 6.11. The van der Waals surface area contributed by atoms with E-state index >= 15 is 9.18 Å². The second kappa shape index (κ2) is 12.7. The summed E-state index contributed by atoms with van der Waals surface area (Å²) >= 11 is 0. The van der Waals surface area contributed by atoms with Crippen LogP contribution in [0.15, 0.2) is 17.1 Å². The van der Waals surface area contributed by atoms with Gasteiger partial charge in [0.05, 0.1) is 42.6 Å². The Kier molecular flexibility index (Phi) is 8.18. The highest BCUT2D eigenvalue weighted by molar-refractivity contribution is 6.00. The second-order valence-corrected chi connectivity index (χ2v) is 16.0. The third-order valence-electron chi connectivity index (χ3n) is 11.2. The fourth-order valence-electron chi connectivity index (χ4n) is 8.47. The average molecular weight is 716 g/mol. The van der Waals surface area contributed by atoms with Gasteiger partial charge in [-0.1, -0.05) is 0 Å². The van der Waals surface area contributed by atoms with Gasteiger partial charge in [-0.05, 0) is 77.7 Å². The molecule has 3 aromatic heterocycles. The number of pyridine rings is 1. The molecule has 4 aliphatic heterocycles. The number of aromatic amines is 1. The van der Waals surface area contributed by atoms with Crippen molar-refractivity contribution in [3.8, 4) is 17.1 Å². The summed E-state index contributed by atoms with van der Waals surface area (Å²) in [5.74, 6) is 0.276. The molecule has 52 heavy (non-hydrogen) atoms. The highest BCUT2D eigenvalue weighted by atomic mass is 19.1. The molecule has 1 unspecified atom stereocenters. The summed E-state index contributed by atoms with van der Waals surface area (Å²) in [6, 6.07) is 1.54. The summed E-state index contributed by atoms with van der Waals surface area (Å²) in [6.45, 7) is 10.1. The summed E-state index contributed by atoms with van der Waals surface area (Å²) < 4.78 is 41.4. The van der Waals surface area contributed by atoms with Gasteiger partial charge in [0.15, 0.2) is 12.0 Å². The minimum Gasteiger partial charge on any atom is -0.460 e. The number of carbonyl (C=O) groups is 1. The molecule has 5 aliphatic rings. The Labute approximate surface area is 300 Å². The van der Waals surface area contributed by atoms with Gasteiger partial charge in [0.1, 0.15) is 28.6 Å². The standard InChI is InChI=1S/C38H46FN7O6/c1-20-26(39)16-27-25(17-40-46(27)28-7-5-6-12-50-28)29(20)30-31(21-8-9-21)41-33-32(34(30)47)42-36(51-24-10-13-49-14-11-24)43-35(33)44-18-23-15-22(44)19-45(23)37(48)52-38(2,3)4/h16-17,21-24,28H,5-15,18-19H2,1-4H3,(H,41,47)/t22-,23-,28?/m0/s1. The van der Waals surface area contributed by atoms with E-state index in [2.05, 4.69) is 15.0 Å². The Morgan fingerprint density at radius 3 is 2.52 bits per heavy atom. The van der Waals surface area contributed by atoms with Crippen molar-refractivity contribution in [1.29, 1.82) is 0 Å². The first-order valence-corrected chi connectivity index (χ1v) is 18.8. The topological polar surface area (TPSA) is 137 Å². The molecule has 2 bridgehead atoms. The van der Waals surface area contributed by atoms with E-state index in [1.807, 2.05) is 25.7 Å². The number of piperazine rings is 1. The average Bonchev–Trinajstić information content (AvgIpc) is 3.56. The number of aromatic nitrogens is 5. The molecule has 276 valence electrons. The van der Waals surface area contributed by atoms with Crippen molar-refractivity contribution < 1.29 is 28.1 Å². The van der Waals surface area contributed by atoms with Gasteiger partial charge < -0.3 is 33.7 Å². The first-order valence-electron chi connectivity index (χ1n) is 18.8. The van der Waals surface area contributed by atoms with Crippen LogP contribution in [0.4, 0.5) is 15.0 Å². The van der Waals surface area contributed by atoms with Gasteiger partial charge in [-0.2, -0.15) is 15.1 Å². The molecule has 1 N–H and O–H groups in total. The second-order valence-electron chi connectivity index (χ2n) is 16.0. The molecule has 4 saturated heterocycles. The lowest BCUT2D eigenvalue weighted by Gasteiger charge is -2.36. The minimum atomic E-state index is -0.595. The molecule has 5 fully saturated rings. The monoisotopic (exact) mass is 715 g/mol. The zero-order valence-corrected chi connectivity index (χ0v) is 30.2. The number of amides is 1. The normalized spacial score (nSPS) is 24.0. The van der Waals surface area contributed by atoms with Crippen LogP contribution in [0.25, 0.3) is 33.1 Å².